The van der Waals surface area contributed by atoms with Gasteiger partial charge in [-0.15, -0.1) is 10.2 Å². The first-order valence-corrected chi connectivity index (χ1v) is 6.25. The second-order valence-electron chi connectivity index (χ2n) is 3.93. The first-order chi connectivity index (χ1) is 8.25. The van der Waals surface area contributed by atoms with Crippen LogP contribution in [0.1, 0.15) is 5.82 Å². The molecule has 1 aliphatic rings. The van der Waals surface area contributed by atoms with Crippen LogP contribution in [0.25, 0.3) is 5.65 Å². The van der Waals surface area contributed by atoms with Crippen molar-refractivity contribution in [2.45, 2.75) is 6.92 Å². The van der Waals surface area contributed by atoms with E-state index in [0.717, 1.165) is 48.2 Å². The Balaban J connectivity index is 2.13. The highest BCUT2D eigenvalue weighted by Crippen LogP contribution is 2.22. The van der Waals surface area contributed by atoms with Gasteiger partial charge >= 0.3 is 0 Å². The largest absolute Gasteiger partial charge is 0.378 e. The molecular weight excluding hydrogens is 286 g/mol. The maximum atomic E-state index is 5.34. The number of fused-ring (bicyclic) bond motifs is 1. The van der Waals surface area contributed by atoms with E-state index >= 15 is 0 Å². The fraction of sp³-hybridized carbons (Fsp3) is 0.500. The molecule has 1 saturated heterocycles. The van der Waals surface area contributed by atoms with E-state index in [-0.39, 0.29) is 0 Å². The van der Waals surface area contributed by atoms with Crippen molar-refractivity contribution in [3.63, 3.8) is 0 Å². The molecule has 7 heteroatoms. The topological polar surface area (TPSA) is 55.5 Å². The average Bonchev–Trinajstić information content (AvgIpc) is 2.72. The molecule has 90 valence electrons. The van der Waals surface area contributed by atoms with Gasteiger partial charge in [-0.2, -0.15) is 0 Å². The smallest absolute Gasteiger partial charge is 0.203 e. The molecule has 0 spiro atoms. The van der Waals surface area contributed by atoms with Gasteiger partial charge in [0.25, 0.3) is 0 Å². The van der Waals surface area contributed by atoms with E-state index in [0.29, 0.717) is 0 Å². The second-order valence-corrected chi connectivity index (χ2v) is 4.74. The maximum absolute atomic E-state index is 5.34. The van der Waals surface area contributed by atoms with Gasteiger partial charge in [-0.1, -0.05) is 0 Å². The van der Waals surface area contributed by atoms with Gasteiger partial charge in [-0.25, -0.2) is 4.98 Å². The van der Waals surface area contributed by atoms with Crippen LogP contribution in [-0.2, 0) is 4.74 Å². The van der Waals surface area contributed by atoms with Crippen LogP contribution in [0.2, 0.25) is 0 Å². The summed E-state index contributed by atoms with van der Waals surface area (Å²) in [6, 6.07) is 0. The third-order valence-corrected chi connectivity index (χ3v) is 3.21. The van der Waals surface area contributed by atoms with Gasteiger partial charge in [0.15, 0.2) is 5.82 Å². The minimum absolute atomic E-state index is 0.730. The van der Waals surface area contributed by atoms with Crippen molar-refractivity contribution in [2.75, 3.05) is 31.2 Å². The summed E-state index contributed by atoms with van der Waals surface area (Å²) < 4.78 is 8.08. The predicted molar refractivity (Wildman–Crippen MR) is 66.3 cm³/mol. The lowest BCUT2D eigenvalue weighted by Crippen LogP contribution is -2.37. The third-order valence-electron chi connectivity index (χ3n) is 2.83. The summed E-state index contributed by atoms with van der Waals surface area (Å²) in [6.45, 7) is 5.06. The molecule has 1 aliphatic heterocycles. The van der Waals surface area contributed by atoms with E-state index in [9.17, 15) is 0 Å². The zero-order valence-corrected chi connectivity index (χ0v) is 11.0. The monoisotopic (exact) mass is 297 g/mol. The molecule has 3 heterocycles. The Morgan fingerprint density at radius 3 is 2.82 bits per heavy atom. The van der Waals surface area contributed by atoms with Crippen LogP contribution < -0.4 is 4.90 Å². The number of hydrogen-bond acceptors (Lipinski definition) is 5. The summed E-state index contributed by atoms with van der Waals surface area (Å²) in [5.41, 5.74) is 0.799. The van der Waals surface area contributed by atoms with Gasteiger partial charge in [0.05, 0.1) is 13.2 Å². The quantitative estimate of drug-likeness (QED) is 0.787. The number of morpholine rings is 1. The first kappa shape index (κ1) is 10.9. The molecule has 3 rings (SSSR count). The number of aromatic nitrogens is 4. The van der Waals surface area contributed by atoms with Gasteiger partial charge in [0.1, 0.15) is 10.4 Å². The summed E-state index contributed by atoms with van der Waals surface area (Å²) in [5, 5.41) is 8.27. The molecule has 0 bridgehead atoms. The van der Waals surface area contributed by atoms with Crippen molar-refractivity contribution in [1.29, 1.82) is 0 Å². The molecule has 0 saturated carbocycles. The Morgan fingerprint density at radius 2 is 2.06 bits per heavy atom. The molecule has 1 fully saturated rings. The summed E-state index contributed by atoms with van der Waals surface area (Å²) in [6.07, 6.45) is 1.88. The van der Waals surface area contributed by atoms with Gasteiger partial charge < -0.3 is 9.64 Å². The van der Waals surface area contributed by atoms with Crippen LogP contribution in [-0.4, -0.2) is 45.9 Å². The summed E-state index contributed by atoms with van der Waals surface area (Å²) in [5.74, 6) is 1.72. The number of anilines is 1. The Bertz CT molecular complexity index is 549. The van der Waals surface area contributed by atoms with Crippen LogP contribution in [0.15, 0.2) is 10.8 Å². The number of rotatable bonds is 1. The zero-order chi connectivity index (χ0) is 11.8. The fourth-order valence-corrected chi connectivity index (χ4v) is 2.32. The SMILES string of the molecule is Cc1nnc2c(N3CCOCC3)nc(Br)cn12. The zero-order valence-electron chi connectivity index (χ0n) is 9.43. The Morgan fingerprint density at radius 1 is 1.29 bits per heavy atom. The molecule has 2 aromatic rings. The predicted octanol–water partition coefficient (Wildman–Crippen LogP) is 1.03. The van der Waals surface area contributed by atoms with E-state index in [4.69, 9.17) is 4.74 Å². The van der Waals surface area contributed by atoms with Crippen molar-refractivity contribution < 1.29 is 4.74 Å². The van der Waals surface area contributed by atoms with Crippen LogP contribution in [0, 0.1) is 6.92 Å². The fourth-order valence-electron chi connectivity index (χ4n) is 1.95. The Hall–Kier alpha value is -1.21. The number of ether oxygens (including phenoxy) is 1. The van der Waals surface area contributed by atoms with Gasteiger partial charge in [0, 0.05) is 19.3 Å². The van der Waals surface area contributed by atoms with E-state index in [1.165, 1.54) is 0 Å². The van der Waals surface area contributed by atoms with Gasteiger partial charge in [-0.3, -0.25) is 4.40 Å². The molecule has 0 aliphatic carbocycles. The number of nitrogens with zero attached hydrogens (tertiary/aromatic N) is 5. The van der Waals surface area contributed by atoms with Crippen LogP contribution >= 0.6 is 15.9 Å². The lowest BCUT2D eigenvalue weighted by molar-refractivity contribution is 0.122. The van der Waals surface area contributed by atoms with Crippen LogP contribution in [0.3, 0.4) is 0 Å². The lowest BCUT2D eigenvalue weighted by atomic mass is 10.4. The van der Waals surface area contributed by atoms with Gasteiger partial charge in [0.2, 0.25) is 5.65 Å². The van der Waals surface area contributed by atoms with E-state index in [2.05, 4.69) is 36.0 Å². The van der Waals surface area contributed by atoms with Crippen molar-refractivity contribution in [3.05, 3.63) is 16.6 Å². The molecular formula is C10H12BrN5O. The summed E-state index contributed by atoms with van der Waals surface area (Å²) >= 11 is 3.42. The van der Waals surface area contributed by atoms with Gasteiger partial charge in [-0.05, 0) is 22.9 Å². The molecule has 6 nitrogen and oxygen atoms in total. The van der Waals surface area contributed by atoms with Crippen LogP contribution in [0.5, 0.6) is 0 Å². The summed E-state index contributed by atoms with van der Waals surface area (Å²) in [7, 11) is 0. The highest BCUT2D eigenvalue weighted by atomic mass is 79.9. The molecule has 2 aromatic heterocycles. The van der Waals surface area contributed by atoms with Crippen molar-refractivity contribution >= 4 is 27.4 Å². The van der Waals surface area contributed by atoms with E-state index < -0.39 is 0 Å². The maximum Gasteiger partial charge on any atom is 0.203 e. The normalized spacial score (nSPS) is 16.7. The molecule has 0 amide bonds. The van der Waals surface area contributed by atoms with E-state index in [1.54, 1.807) is 0 Å². The molecule has 0 radical (unpaired) electrons. The highest BCUT2D eigenvalue weighted by molar-refractivity contribution is 9.10. The van der Waals surface area contributed by atoms with Crippen molar-refractivity contribution in [2.24, 2.45) is 0 Å². The number of aryl methyl sites for hydroxylation is 1. The molecule has 0 N–H and O–H groups in total. The number of hydrogen-bond donors (Lipinski definition) is 0. The highest BCUT2D eigenvalue weighted by Gasteiger charge is 2.18. The van der Waals surface area contributed by atoms with Crippen LogP contribution in [0.4, 0.5) is 5.82 Å². The van der Waals surface area contributed by atoms with E-state index in [1.807, 2.05) is 17.5 Å². The standard InChI is InChI=1S/C10H12BrN5O/c1-7-13-14-10-9(12-8(11)6-16(7)10)15-2-4-17-5-3-15/h6H,2-5H2,1H3. The Labute approximate surface area is 107 Å². The molecule has 0 atom stereocenters. The minimum Gasteiger partial charge on any atom is -0.378 e. The lowest BCUT2D eigenvalue weighted by Gasteiger charge is -2.27. The number of halogens is 1. The average molecular weight is 298 g/mol. The van der Waals surface area contributed by atoms with Crippen molar-refractivity contribution in [3.8, 4) is 0 Å². The van der Waals surface area contributed by atoms with Crippen molar-refractivity contribution in [1.82, 2.24) is 19.6 Å². The molecule has 17 heavy (non-hydrogen) atoms. The second kappa shape index (κ2) is 4.23. The first-order valence-electron chi connectivity index (χ1n) is 5.46. The molecule has 0 unspecified atom stereocenters. The molecule has 0 aromatic carbocycles. The third kappa shape index (κ3) is 1.89. The summed E-state index contributed by atoms with van der Waals surface area (Å²) in [4.78, 5) is 6.68. The minimum atomic E-state index is 0.730. The Kier molecular flexibility index (Phi) is 2.71.